The van der Waals surface area contributed by atoms with Crippen LogP contribution in [0, 0.1) is 0 Å². The van der Waals surface area contributed by atoms with E-state index in [4.69, 9.17) is 4.84 Å². The van der Waals surface area contributed by atoms with E-state index >= 15 is 0 Å². The van der Waals surface area contributed by atoms with Gasteiger partial charge in [-0.1, -0.05) is 35.5 Å². The molecule has 2 heterocycles. The Labute approximate surface area is 120 Å². The van der Waals surface area contributed by atoms with E-state index in [9.17, 15) is 4.79 Å². The minimum Gasteiger partial charge on any atom is -0.356 e. The fourth-order valence-electron chi connectivity index (χ4n) is 3.30. The van der Waals surface area contributed by atoms with Gasteiger partial charge in [0.2, 0.25) is 0 Å². The summed E-state index contributed by atoms with van der Waals surface area (Å²) in [5.41, 5.74) is 6.30. The maximum atomic E-state index is 12.4. The number of nitrogens with one attached hydrogen (secondary N) is 1. The van der Waals surface area contributed by atoms with E-state index in [2.05, 4.69) is 16.5 Å². The first-order valence-corrected chi connectivity index (χ1v) is 6.84. The first-order chi connectivity index (χ1) is 10.3. The number of oxime groups is 1. The Hall–Kier alpha value is -2.88. The number of allylic oxidation sites excluding steroid dienone is 1. The summed E-state index contributed by atoms with van der Waals surface area (Å²) in [7, 11) is 0. The number of anilines is 1. The van der Waals surface area contributed by atoms with Crippen molar-refractivity contribution in [3.05, 3.63) is 64.7 Å². The number of rotatable bonds is 0. The van der Waals surface area contributed by atoms with Crippen LogP contribution in [0.25, 0.3) is 5.57 Å². The zero-order valence-electron chi connectivity index (χ0n) is 11.0. The van der Waals surface area contributed by atoms with E-state index < -0.39 is 0 Å². The number of carbonyl (C=O) groups excluding carboxylic acids is 1. The summed E-state index contributed by atoms with van der Waals surface area (Å²) in [6.45, 7) is 0. The molecule has 0 radical (unpaired) electrons. The highest BCUT2D eigenvalue weighted by atomic mass is 16.6. The molecule has 21 heavy (non-hydrogen) atoms. The van der Waals surface area contributed by atoms with Crippen LogP contribution in [0.2, 0.25) is 0 Å². The van der Waals surface area contributed by atoms with Gasteiger partial charge in [-0.2, -0.15) is 0 Å². The van der Waals surface area contributed by atoms with E-state index in [1.807, 2.05) is 36.4 Å². The lowest BCUT2D eigenvalue weighted by Gasteiger charge is -2.03. The van der Waals surface area contributed by atoms with Gasteiger partial charge in [0.15, 0.2) is 5.75 Å². The second-order valence-electron chi connectivity index (χ2n) is 5.35. The van der Waals surface area contributed by atoms with Crippen LogP contribution in [0.4, 0.5) is 5.69 Å². The van der Waals surface area contributed by atoms with Gasteiger partial charge in [0.1, 0.15) is 5.71 Å². The number of hydrogen-bond acceptors (Lipinski definition) is 3. The Morgan fingerprint density at radius 3 is 2.95 bits per heavy atom. The molecule has 1 aliphatic carbocycles. The monoisotopic (exact) mass is 274 g/mol. The largest absolute Gasteiger partial charge is 0.356 e. The van der Waals surface area contributed by atoms with Crippen molar-refractivity contribution < 1.29 is 9.63 Å². The van der Waals surface area contributed by atoms with Crippen molar-refractivity contribution in [3.8, 4) is 5.75 Å². The Kier molecular flexibility index (Phi) is 1.86. The van der Waals surface area contributed by atoms with Crippen molar-refractivity contribution in [2.75, 3.05) is 5.32 Å². The fourth-order valence-corrected chi connectivity index (χ4v) is 3.30. The molecule has 0 atom stereocenters. The molecule has 100 valence electrons. The highest BCUT2D eigenvalue weighted by Crippen LogP contribution is 2.45. The van der Waals surface area contributed by atoms with Gasteiger partial charge in [-0.3, -0.25) is 4.79 Å². The van der Waals surface area contributed by atoms with Gasteiger partial charge in [0.05, 0.1) is 16.8 Å². The molecule has 0 spiro atoms. The average Bonchev–Trinajstić information content (AvgIpc) is 2.96. The molecule has 2 aliphatic heterocycles. The van der Waals surface area contributed by atoms with Gasteiger partial charge >= 0.3 is 0 Å². The van der Waals surface area contributed by atoms with E-state index in [0.717, 1.165) is 34.5 Å². The highest BCUT2D eigenvalue weighted by molar-refractivity contribution is 6.39. The average molecular weight is 274 g/mol. The molecule has 3 aliphatic rings. The Bertz CT molecular complexity index is 893. The lowest BCUT2D eigenvalue weighted by molar-refractivity contribution is -0.110. The van der Waals surface area contributed by atoms with Crippen molar-refractivity contribution in [1.82, 2.24) is 0 Å². The van der Waals surface area contributed by atoms with Crippen LogP contribution < -0.4 is 10.2 Å². The number of nitrogens with zero attached hydrogens (tertiary/aromatic N) is 1. The predicted molar refractivity (Wildman–Crippen MR) is 79.3 cm³/mol. The first-order valence-electron chi connectivity index (χ1n) is 6.84. The van der Waals surface area contributed by atoms with Crippen molar-refractivity contribution in [1.29, 1.82) is 0 Å². The molecule has 2 aromatic carbocycles. The second kappa shape index (κ2) is 3.61. The summed E-state index contributed by atoms with van der Waals surface area (Å²) in [6.07, 6.45) is 0.717. The highest BCUT2D eigenvalue weighted by Gasteiger charge is 2.37. The van der Waals surface area contributed by atoms with Crippen LogP contribution in [-0.2, 0) is 11.2 Å². The van der Waals surface area contributed by atoms with Gasteiger partial charge in [-0.25, -0.2) is 0 Å². The van der Waals surface area contributed by atoms with Crippen LogP contribution >= 0.6 is 0 Å². The molecule has 4 nitrogen and oxygen atoms in total. The van der Waals surface area contributed by atoms with E-state index in [1.165, 1.54) is 5.56 Å². The summed E-state index contributed by atoms with van der Waals surface area (Å²) in [5, 5.41) is 7.22. The van der Waals surface area contributed by atoms with Gasteiger partial charge in [0.25, 0.3) is 5.91 Å². The normalized spacial score (nSPS) is 17.3. The molecule has 0 aromatic heterocycles. The third-order valence-electron chi connectivity index (χ3n) is 4.21. The van der Waals surface area contributed by atoms with E-state index in [1.54, 1.807) is 0 Å². The topological polar surface area (TPSA) is 50.7 Å². The summed E-state index contributed by atoms with van der Waals surface area (Å²) >= 11 is 0. The van der Waals surface area contributed by atoms with Crippen LogP contribution in [0.3, 0.4) is 0 Å². The van der Waals surface area contributed by atoms with Crippen LogP contribution in [0.5, 0.6) is 5.75 Å². The minimum absolute atomic E-state index is 0.0709. The maximum Gasteiger partial charge on any atom is 0.256 e. The van der Waals surface area contributed by atoms with Gasteiger partial charge in [-0.05, 0) is 23.3 Å². The number of hydrogen-bond donors (Lipinski definition) is 1. The van der Waals surface area contributed by atoms with Crippen molar-refractivity contribution in [2.24, 2.45) is 5.16 Å². The summed E-state index contributed by atoms with van der Waals surface area (Å²) in [6, 6.07) is 13.7. The number of carbonyl (C=O) groups is 1. The Morgan fingerprint density at radius 2 is 2.00 bits per heavy atom. The quantitative estimate of drug-likeness (QED) is 0.803. The molecule has 0 saturated carbocycles. The van der Waals surface area contributed by atoms with Gasteiger partial charge < -0.3 is 10.2 Å². The summed E-state index contributed by atoms with van der Waals surface area (Å²) in [5.74, 6) is 0.561. The third kappa shape index (κ3) is 1.29. The number of amides is 1. The molecule has 1 amide bonds. The smallest absolute Gasteiger partial charge is 0.256 e. The molecule has 0 unspecified atom stereocenters. The lowest BCUT2D eigenvalue weighted by atomic mass is 9.97. The zero-order chi connectivity index (χ0) is 14.0. The predicted octanol–water partition coefficient (Wildman–Crippen LogP) is 2.75. The van der Waals surface area contributed by atoms with E-state index in [0.29, 0.717) is 11.3 Å². The molecule has 0 fully saturated rings. The molecule has 4 heteroatoms. The fraction of sp³-hybridized carbons (Fsp3) is 0.0588. The molecule has 1 N–H and O–H groups in total. The van der Waals surface area contributed by atoms with Crippen molar-refractivity contribution in [3.63, 3.8) is 0 Å². The molecular formula is C17H10N2O2. The van der Waals surface area contributed by atoms with Crippen LogP contribution in [0.1, 0.15) is 16.7 Å². The summed E-state index contributed by atoms with van der Waals surface area (Å²) < 4.78 is 0. The van der Waals surface area contributed by atoms with Crippen molar-refractivity contribution >= 4 is 22.9 Å². The molecule has 5 rings (SSSR count). The molecule has 0 bridgehead atoms. The second-order valence-corrected chi connectivity index (χ2v) is 5.35. The molecular weight excluding hydrogens is 264 g/mol. The molecule has 0 saturated heterocycles. The SMILES string of the molecule is O=C1Nc2cccc3c2C1=C1Cc2ccccc2C1=NO3. The minimum atomic E-state index is -0.0709. The molecule has 2 aromatic rings. The summed E-state index contributed by atoms with van der Waals surface area (Å²) in [4.78, 5) is 18.0. The lowest BCUT2D eigenvalue weighted by Crippen LogP contribution is -2.09. The standard InChI is InChI=1S/C17H10N2O2/c20-17-14-11-8-9-4-1-2-5-10(9)16(11)19-21-13-7-3-6-12(18-17)15(13)14/h1-7H,8H2,(H,18,20). The van der Waals surface area contributed by atoms with Crippen LogP contribution in [-0.4, -0.2) is 11.6 Å². The number of fused-ring (bicyclic) bond motifs is 3. The van der Waals surface area contributed by atoms with Gasteiger partial charge in [0, 0.05) is 12.0 Å². The Balaban J connectivity index is 1.86. The maximum absolute atomic E-state index is 12.4. The number of benzene rings is 2. The van der Waals surface area contributed by atoms with E-state index in [-0.39, 0.29) is 5.91 Å². The third-order valence-corrected chi connectivity index (χ3v) is 4.21. The van der Waals surface area contributed by atoms with Gasteiger partial charge in [-0.15, -0.1) is 0 Å². The first kappa shape index (κ1) is 10.9. The Morgan fingerprint density at radius 1 is 1.10 bits per heavy atom. The zero-order valence-corrected chi connectivity index (χ0v) is 11.0. The van der Waals surface area contributed by atoms with Crippen molar-refractivity contribution in [2.45, 2.75) is 6.42 Å². The van der Waals surface area contributed by atoms with Crippen LogP contribution in [0.15, 0.2) is 53.2 Å².